The van der Waals surface area contributed by atoms with Gasteiger partial charge in [0.2, 0.25) is 5.91 Å². The van der Waals surface area contributed by atoms with Crippen molar-refractivity contribution in [1.29, 1.82) is 0 Å². The Morgan fingerprint density at radius 2 is 1.85 bits per heavy atom. The van der Waals surface area contributed by atoms with Gasteiger partial charge in [-0.15, -0.1) is 0 Å². The van der Waals surface area contributed by atoms with E-state index in [1.165, 1.54) is 5.56 Å². The largest absolute Gasteiger partial charge is 0.497 e. The molecule has 1 amide bonds. The van der Waals surface area contributed by atoms with Crippen LogP contribution in [0.15, 0.2) is 54.6 Å². The minimum absolute atomic E-state index is 0.0846. The zero-order chi connectivity index (χ0) is 18.2. The Morgan fingerprint density at radius 3 is 2.58 bits per heavy atom. The molecule has 0 aliphatic carbocycles. The molecule has 1 saturated heterocycles. The second kappa shape index (κ2) is 9.39. The average molecular weight is 353 g/mol. The molecule has 0 spiro atoms. The van der Waals surface area contributed by atoms with Crippen LogP contribution in [0.4, 0.5) is 0 Å². The first-order valence-electron chi connectivity index (χ1n) is 9.29. The van der Waals surface area contributed by atoms with Gasteiger partial charge < -0.3 is 14.4 Å². The summed E-state index contributed by atoms with van der Waals surface area (Å²) in [4.78, 5) is 14.6. The molecule has 4 heteroatoms. The standard InChI is InChI=1S/C22H27NO3/c1-25-21-12-10-19(11-13-21)20-9-5-6-14-23(15-20)22(24)17-26-16-18-7-3-2-4-8-18/h2-4,7-8,10-13,20H,5-6,9,14-17H2,1H3/t20-/m0/s1. The average Bonchev–Trinajstić information content (AvgIpc) is 2.95. The molecule has 1 fully saturated rings. The Labute approximate surface area is 155 Å². The molecule has 0 unspecified atom stereocenters. The molecule has 0 saturated carbocycles. The van der Waals surface area contributed by atoms with Gasteiger partial charge in [-0.05, 0) is 36.1 Å². The minimum Gasteiger partial charge on any atom is -0.497 e. The maximum atomic E-state index is 12.6. The van der Waals surface area contributed by atoms with E-state index in [2.05, 4.69) is 12.1 Å². The van der Waals surface area contributed by atoms with Crippen LogP contribution in [-0.4, -0.2) is 37.6 Å². The number of rotatable bonds is 6. The van der Waals surface area contributed by atoms with Gasteiger partial charge in [0.25, 0.3) is 0 Å². The number of amides is 1. The van der Waals surface area contributed by atoms with Gasteiger partial charge in [0.15, 0.2) is 0 Å². The fourth-order valence-corrected chi connectivity index (χ4v) is 3.44. The summed E-state index contributed by atoms with van der Waals surface area (Å²) >= 11 is 0. The van der Waals surface area contributed by atoms with Gasteiger partial charge in [-0.1, -0.05) is 48.9 Å². The van der Waals surface area contributed by atoms with Crippen molar-refractivity contribution in [3.05, 3.63) is 65.7 Å². The van der Waals surface area contributed by atoms with Crippen molar-refractivity contribution < 1.29 is 14.3 Å². The van der Waals surface area contributed by atoms with Crippen molar-refractivity contribution >= 4 is 5.91 Å². The van der Waals surface area contributed by atoms with Crippen molar-refractivity contribution in [1.82, 2.24) is 4.90 Å². The third kappa shape index (κ3) is 5.09. The first-order chi connectivity index (χ1) is 12.8. The van der Waals surface area contributed by atoms with Gasteiger partial charge in [0, 0.05) is 19.0 Å². The molecule has 4 nitrogen and oxygen atoms in total. The molecular formula is C22H27NO3. The molecule has 0 radical (unpaired) electrons. The SMILES string of the molecule is COc1ccc([C@H]2CCCCN(C(=O)COCc3ccccc3)C2)cc1. The maximum absolute atomic E-state index is 12.6. The second-order valence-electron chi connectivity index (χ2n) is 6.78. The molecular weight excluding hydrogens is 326 g/mol. The van der Waals surface area contributed by atoms with Crippen LogP contribution < -0.4 is 4.74 Å². The number of hydrogen-bond acceptors (Lipinski definition) is 3. The Hall–Kier alpha value is -2.33. The van der Waals surface area contributed by atoms with Gasteiger partial charge >= 0.3 is 0 Å². The van der Waals surface area contributed by atoms with Crippen molar-refractivity contribution in [2.75, 3.05) is 26.8 Å². The van der Waals surface area contributed by atoms with Crippen molar-refractivity contribution in [2.24, 2.45) is 0 Å². The lowest BCUT2D eigenvalue weighted by Gasteiger charge is -2.25. The van der Waals surface area contributed by atoms with Crippen LogP contribution in [0.2, 0.25) is 0 Å². The highest BCUT2D eigenvalue weighted by Crippen LogP contribution is 2.28. The molecule has 3 rings (SSSR count). The molecule has 1 atom stereocenters. The maximum Gasteiger partial charge on any atom is 0.248 e. The van der Waals surface area contributed by atoms with Crippen LogP contribution in [-0.2, 0) is 16.1 Å². The molecule has 138 valence electrons. The van der Waals surface area contributed by atoms with Gasteiger partial charge in [0.1, 0.15) is 12.4 Å². The predicted molar refractivity (Wildman–Crippen MR) is 102 cm³/mol. The quantitative estimate of drug-likeness (QED) is 0.788. The third-order valence-corrected chi connectivity index (χ3v) is 4.95. The zero-order valence-electron chi connectivity index (χ0n) is 15.4. The molecule has 26 heavy (non-hydrogen) atoms. The summed E-state index contributed by atoms with van der Waals surface area (Å²) < 4.78 is 10.9. The molecule has 0 bridgehead atoms. The second-order valence-corrected chi connectivity index (χ2v) is 6.78. The Balaban J connectivity index is 1.55. The third-order valence-electron chi connectivity index (χ3n) is 4.95. The van der Waals surface area contributed by atoms with E-state index in [9.17, 15) is 4.79 Å². The number of ether oxygens (including phenoxy) is 2. The van der Waals surface area contributed by atoms with Gasteiger partial charge in [-0.25, -0.2) is 0 Å². The van der Waals surface area contributed by atoms with Gasteiger partial charge in [-0.3, -0.25) is 4.79 Å². The van der Waals surface area contributed by atoms with Crippen molar-refractivity contribution in [3.63, 3.8) is 0 Å². The molecule has 2 aromatic carbocycles. The molecule has 2 aromatic rings. The van der Waals surface area contributed by atoms with E-state index in [0.717, 1.165) is 43.7 Å². The molecule has 1 aliphatic heterocycles. The predicted octanol–water partition coefficient (Wildman–Crippen LogP) is 4.01. The number of hydrogen-bond donors (Lipinski definition) is 0. The zero-order valence-corrected chi connectivity index (χ0v) is 15.4. The highest BCUT2D eigenvalue weighted by atomic mass is 16.5. The molecule has 0 N–H and O–H groups in total. The monoisotopic (exact) mass is 353 g/mol. The number of benzene rings is 2. The Kier molecular flexibility index (Phi) is 6.67. The van der Waals surface area contributed by atoms with Crippen molar-refractivity contribution in [3.8, 4) is 5.75 Å². The Morgan fingerprint density at radius 1 is 1.08 bits per heavy atom. The van der Waals surface area contributed by atoms with Crippen LogP contribution in [0.5, 0.6) is 5.75 Å². The number of likely N-dealkylation sites (tertiary alicyclic amines) is 1. The summed E-state index contributed by atoms with van der Waals surface area (Å²) in [5.41, 5.74) is 2.36. The van der Waals surface area contributed by atoms with E-state index >= 15 is 0 Å². The number of nitrogens with zero attached hydrogens (tertiary/aromatic N) is 1. The molecule has 0 aromatic heterocycles. The van der Waals surface area contributed by atoms with Crippen molar-refractivity contribution in [2.45, 2.75) is 31.8 Å². The molecule has 1 heterocycles. The fourth-order valence-electron chi connectivity index (χ4n) is 3.44. The van der Waals surface area contributed by atoms with E-state index in [0.29, 0.717) is 12.5 Å². The lowest BCUT2D eigenvalue weighted by molar-refractivity contribution is -0.136. The summed E-state index contributed by atoms with van der Waals surface area (Å²) in [6.45, 7) is 2.20. The van der Waals surface area contributed by atoms with Crippen LogP contribution in [0.1, 0.15) is 36.3 Å². The summed E-state index contributed by atoms with van der Waals surface area (Å²) in [6, 6.07) is 18.2. The lowest BCUT2D eigenvalue weighted by atomic mass is 9.94. The van der Waals surface area contributed by atoms with Crippen LogP contribution in [0, 0.1) is 0 Å². The summed E-state index contributed by atoms with van der Waals surface area (Å²) in [6.07, 6.45) is 3.31. The summed E-state index contributed by atoms with van der Waals surface area (Å²) in [7, 11) is 1.68. The highest BCUT2D eigenvalue weighted by molar-refractivity contribution is 5.77. The minimum atomic E-state index is 0.0846. The lowest BCUT2D eigenvalue weighted by Crippen LogP contribution is -2.36. The fraction of sp³-hybridized carbons (Fsp3) is 0.409. The van der Waals surface area contributed by atoms with Crippen LogP contribution in [0.25, 0.3) is 0 Å². The smallest absolute Gasteiger partial charge is 0.248 e. The van der Waals surface area contributed by atoms with Crippen LogP contribution >= 0.6 is 0 Å². The summed E-state index contributed by atoms with van der Waals surface area (Å²) in [5, 5.41) is 0. The van der Waals surface area contributed by atoms with Gasteiger partial charge in [0.05, 0.1) is 13.7 Å². The topological polar surface area (TPSA) is 38.8 Å². The van der Waals surface area contributed by atoms with E-state index in [1.54, 1.807) is 7.11 Å². The highest BCUT2D eigenvalue weighted by Gasteiger charge is 2.23. The van der Waals surface area contributed by atoms with E-state index in [1.807, 2.05) is 47.4 Å². The first kappa shape index (κ1) is 18.5. The van der Waals surface area contributed by atoms with E-state index in [4.69, 9.17) is 9.47 Å². The Bertz CT molecular complexity index is 684. The van der Waals surface area contributed by atoms with E-state index < -0.39 is 0 Å². The van der Waals surface area contributed by atoms with E-state index in [-0.39, 0.29) is 12.5 Å². The number of carbonyl (C=O) groups is 1. The summed E-state index contributed by atoms with van der Waals surface area (Å²) in [5.74, 6) is 1.33. The normalized spacial score (nSPS) is 17.6. The number of carbonyl (C=O) groups excluding carboxylic acids is 1. The molecule has 1 aliphatic rings. The van der Waals surface area contributed by atoms with Crippen LogP contribution in [0.3, 0.4) is 0 Å². The number of methoxy groups -OCH3 is 1. The first-order valence-corrected chi connectivity index (χ1v) is 9.29. The van der Waals surface area contributed by atoms with Gasteiger partial charge in [-0.2, -0.15) is 0 Å².